The lowest BCUT2D eigenvalue weighted by molar-refractivity contribution is -0.169. The average Bonchev–Trinajstić information content (AvgIpc) is 3.19. The van der Waals surface area contributed by atoms with E-state index in [1.165, 1.54) is 6.08 Å². The zero-order chi connectivity index (χ0) is 18.6. The molecule has 0 bridgehead atoms. The normalized spacial score (nSPS) is 24.8. The Morgan fingerprint density at radius 2 is 2.19 bits per heavy atom. The van der Waals surface area contributed by atoms with Gasteiger partial charge in [0.2, 0.25) is 5.85 Å². The van der Waals surface area contributed by atoms with E-state index in [1.54, 1.807) is 6.08 Å². The van der Waals surface area contributed by atoms with Crippen molar-refractivity contribution in [2.75, 3.05) is 19.8 Å². The van der Waals surface area contributed by atoms with Gasteiger partial charge in [-0.05, 0) is 25.5 Å². The molecule has 8 nitrogen and oxygen atoms in total. The summed E-state index contributed by atoms with van der Waals surface area (Å²) in [6.45, 7) is 4.63. The van der Waals surface area contributed by atoms with Crippen molar-refractivity contribution < 1.29 is 28.9 Å². The Balaban J connectivity index is 1.66. The van der Waals surface area contributed by atoms with Gasteiger partial charge < -0.3 is 19.3 Å². The molecule has 2 aliphatic heterocycles. The zero-order valence-electron chi connectivity index (χ0n) is 14.9. The van der Waals surface area contributed by atoms with E-state index < -0.39 is 17.7 Å². The monoisotopic (exact) mass is 364 g/mol. The van der Waals surface area contributed by atoms with Crippen LogP contribution in [0.25, 0.3) is 0 Å². The first-order valence-electron chi connectivity index (χ1n) is 8.49. The summed E-state index contributed by atoms with van der Waals surface area (Å²) in [6, 6.07) is 9.48. The maximum Gasteiger partial charge on any atom is 0.413 e. The highest BCUT2D eigenvalue weighted by Crippen LogP contribution is 2.24. The molecule has 142 valence electrons. The van der Waals surface area contributed by atoms with Crippen molar-refractivity contribution in [3.8, 4) is 0 Å². The number of cyclic esters (lactones) is 1. The number of benzene rings is 1. The Kier molecular flexibility index (Phi) is 5.59. The number of hydroxylamine groups is 1. The largest absolute Gasteiger partial charge is 0.447 e. The van der Waals surface area contributed by atoms with Crippen LogP contribution in [0.15, 0.2) is 42.5 Å². The second-order valence-electron chi connectivity index (χ2n) is 6.59. The smallest absolute Gasteiger partial charge is 0.413 e. The van der Waals surface area contributed by atoms with E-state index in [0.717, 1.165) is 10.5 Å². The SMILES string of the molecule is CC1(C)OC[C@H](/C=C/C(O)(NOCc2ccccc2)N2CCOC2=O)O1. The number of nitrogens with one attached hydrogen (secondary N) is 1. The van der Waals surface area contributed by atoms with Crippen LogP contribution in [0.3, 0.4) is 0 Å². The summed E-state index contributed by atoms with van der Waals surface area (Å²) in [5.41, 5.74) is 3.48. The van der Waals surface area contributed by atoms with Crippen molar-refractivity contribution in [1.29, 1.82) is 0 Å². The standard InChI is InChI=1S/C18H24N2O6/c1-17(2)24-13-15(26-17)8-9-18(22,20-10-11-23-16(20)21)19-25-12-14-6-4-3-5-7-14/h3-9,15,19,22H,10-13H2,1-2H3/b9-8+/t15-,18?/m0/s1. The van der Waals surface area contributed by atoms with Crippen LogP contribution in [0.4, 0.5) is 4.79 Å². The van der Waals surface area contributed by atoms with Gasteiger partial charge in [0.25, 0.3) is 0 Å². The second-order valence-corrected chi connectivity index (χ2v) is 6.59. The first-order chi connectivity index (χ1) is 12.4. The van der Waals surface area contributed by atoms with Gasteiger partial charge in [0.05, 0.1) is 19.8 Å². The molecule has 0 spiro atoms. The second kappa shape index (κ2) is 7.73. The molecule has 26 heavy (non-hydrogen) atoms. The summed E-state index contributed by atoms with van der Waals surface area (Å²) in [7, 11) is 0. The Hall–Kier alpha value is -1.97. The van der Waals surface area contributed by atoms with Gasteiger partial charge >= 0.3 is 6.09 Å². The molecule has 1 amide bonds. The third-order valence-corrected chi connectivity index (χ3v) is 4.05. The molecule has 3 rings (SSSR count). The van der Waals surface area contributed by atoms with Crippen molar-refractivity contribution in [1.82, 2.24) is 10.4 Å². The van der Waals surface area contributed by atoms with Gasteiger partial charge in [0.15, 0.2) is 5.79 Å². The summed E-state index contributed by atoms with van der Waals surface area (Å²) >= 11 is 0. The fourth-order valence-electron chi connectivity index (χ4n) is 2.73. The highest BCUT2D eigenvalue weighted by Gasteiger charge is 2.41. The van der Waals surface area contributed by atoms with Crippen molar-refractivity contribution in [3.63, 3.8) is 0 Å². The predicted molar refractivity (Wildman–Crippen MR) is 91.4 cm³/mol. The average molecular weight is 364 g/mol. The fraction of sp³-hybridized carbons (Fsp3) is 0.500. The first-order valence-corrected chi connectivity index (χ1v) is 8.49. The molecule has 2 N–H and O–H groups in total. The Morgan fingerprint density at radius 1 is 1.42 bits per heavy atom. The molecular formula is C18H24N2O6. The predicted octanol–water partition coefficient (Wildman–Crippen LogP) is 1.51. The quantitative estimate of drug-likeness (QED) is 0.431. The fourth-order valence-corrected chi connectivity index (χ4v) is 2.73. The number of hydrogen-bond donors (Lipinski definition) is 2. The van der Waals surface area contributed by atoms with Crippen LogP contribution in [-0.4, -0.2) is 53.6 Å². The zero-order valence-corrected chi connectivity index (χ0v) is 14.9. The van der Waals surface area contributed by atoms with Crippen molar-refractivity contribution >= 4 is 6.09 Å². The van der Waals surface area contributed by atoms with E-state index in [9.17, 15) is 9.90 Å². The maximum atomic E-state index is 11.9. The summed E-state index contributed by atoms with van der Waals surface area (Å²) in [5.74, 6) is -2.55. The molecule has 0 radical (unpaired) electrons. The molecule has 2 heterocycles. The molecule has 2 saturated heterocycles. The summed E-state index contributed by atoms with van der Waals surface area (Å²) in [4.78, 5) is 18.5. The number of rotatable bonds is 7. The van der Waals surface area contributed by atoms with Gasteiger partial charge in [0, 0.05) is 0 Å². The van der Waals surface area contributed by atoms with E-state index in [-0.39, 0.29) is 25.9 Å². The number of carbonyl (C=O) groups is 1. The minimum atomic E-state index is -1.86. The lowest BCUT2D eigenvalue weighted by Gasteiger charge is -2.32. The molecule has 1 aromatic rings. The van der Waals surface area contributed by atoms with Crippen LogP contribution in [0.1, 0.15) is 19.4 Å². The Morgan fingerprint density at radius 3 is 2.81 bits per heavy atom. The summed E-state index contributed by atoms with van der Waals surface area (Å²) in [5, 5.41) is 11.0. The van der Waals surface area contributed by atoms with Crippen LogP contribution in [0.5, 0.6) is 0 Å². The summed E-state index contributed by atoms with van der Waals surface area (Å²) < 4.78 is 16.1. The number of ether oxygens (including phenoxy) is 3. The van der Waals surface area contributed by atoms with Crippen LogP contribution in [0, 0.1) is 0 Å². The lowest BCUT2D eigenvalue weighted by Crippen LogP contribution is -2.58. The molecule has 2 aliphatic rings. The molecule has 8 heteroatoms. The van der Waals surface area contributed by atoms with Gasteiger partial charge in [0.1, 0.15) is 12.7 Å². The number of carbonyl (C=O) groups excluding carboxylic acids is 1. The molecule has 0 aliphatic carbocycles. The highest BCUT2D eigenvalue weighted by atomic mass is 16.7. The van der Waals surface area contributed by atoms with Crippen LogP contribution in [0.2, 0.25) is 0 Å². The molecule has 1 unspecified atom stereocenters. The van der Waals surface area contributed by atoms with Crippen LogP contribution < -0.4 is 5.48 Å². The van der Waals surface area contributed by atoms with E-state index in [1.807, 2.05) is 44.2 Å². The highest BCUT2D eigenvalue weighted by molar-refractivity contribution is 5.70. The van der Waals surface area contributed by atoms with E-state index in [2.05, 4.69) is 5.48 Å². The molecule has 2 fully saturated rings. The summed E-state index contributed by atoms with van der Waals surface area (Å²) in [6.07, 6.45) is 2.09. The third-order valence-electron chi connectivity index (χ3n) is 4.05. The lowest BCUT2D eigenvalue weighted by atomic mass is 10.2. The number of amides is 1. The topological polar surface area (TPSA) is 89.5 Å². The van der Waals surface area contributed by atoms with Gasteiger partial charge in [-0.25, -0.2) is 4.79 Å². The van der Waals surface area contributed by atoms with Gasteiger partial charge in [-0.15, -0.1) is 5.48 Å². The third kappa shape index (κ3) is 4.60. The minimum Gasteiger partial charge on any atom is -0.447 e. The van der Waals surface area contributed by atoms with Gasteiger partial charge in [-0.3, -0.25) is 9.74 Å². The first kappa shape index (κ1) is 18.8. The number of nitrogens with zero attached hydrogens (tertiary/aromatic N) is 1. The number of hydrogen-bond acceptors (Lipinski definition) is 7. The van der Waals surface area contributed by atoms with Gasteiger partial charge in [-0.1, -0.05) is 36.4 Å². The van der Waals surface area contributed by atoms with Crippen molar-refractivity contribution in [2.24, 2.45) is 0 Å². The molecule has 0 saturated carbocycles. The Labute approximate surface area is 152 Å². The molecule has 0 aromatic heterocycles. The van der Waals surface area contributed by atoms with Crippen molar-refractivity contribution in [3.05, 3.63) is 48.0 Å². The van der Waals surface area contributed by atoms with E-state index in [0.29, 0.717) is 6.61 Å². The van der Waals surface area contributed by atoms with Gasteiger partial charge in [-0.2, -0.15) is 0 Å². The van der Waals surface area contributed by atoms with Crippen molar-refractivity contribution in [2.45, 2.75) is 38.2 Å². The maximum absolute atomic E-state index is 11.9. The molecule has 1 aromatic carbocycles. The molecule has 2 atom stereocenters. The Bertz CT molecular complexity index is 650. The number of aliphatic hydroxyl groups is 1. The minimum absolute atomic E-state index is 0.200. The van der Waals surface area contributed by atoms with Crippen LogP contribution >= 0.6 is 0 Å². The van der Waals surface area contributed by atoms with E-state index in [4.69, 9.17) is 19.0 Å². The molecular weight excluding hydrogens is 340 g/mol. The van der Waals surface area contributed by atoms with E-state index >= 15 is 0 Å². The van der Waals surface area contributed by atoms with Crippen LogP contribution in [-0.2, 0) is 25.7 Å².